The van der Waals surface area contributed by atoms with Gasteiger partial charge in [-0.2, -0.15) is 0 Å². The Morgan fingerprint density at radius 2 is 1.52 bits per heavy atom. The van der Waals surface area contributed by atoms with Crippen LogP contribution in [0.25, 0.3) is 22.0 Å². The average Bonchev–Trinajstić information content (AvgIpc) is 2.53. The fourth-order valence-electron chi connectivity index (χ4n) is 2.53. The van der Waals surface area contributed by atoms with Crippen molar-refractivity contribution in [1.29, 1.82) is 0 Å². The zero-order valence-corrected chi connectivity index (χ0v) is 12.4. The molecule has 21 heavy (non-hydrogen) atoms. The highest BCUT2D eigenvalue weighted by molar-refractivity contribution is 5.97. The number of aromatic nitrogens is 1. The first-order chi connectivity index (χ1) is 10.2. The van der Waals surface area contributed by atoms with Gasteiger partial charge in [0, 0.05) is 16.6 Å². The van der Waals surface area contributed by atoms with Crippen molar-refractivity contribution >= 4 is 10.8 Å². The van der Waals surface area contributed by atoms with Crippen molar-refractivity contribution < 1.29 is 9.47 Å². The van der Waals surface area contributed by atoms with Crippen molar-refractivity contribution in [3.63, 3.8) is 0 Å². The van der Waals surface area contributed by atoms with Gasteiger partial charge in [-0.25, -0.2) is 0 Å². The lowest BCUT2D eigenvalue weighted by molar-refractivity contribution is 0.356. The Labute approximate surface area is 124 Å². The number of benzene rings is 2. The normalized spacial score (nSPS) is 10.6. The minimum atomic E-state index is 0.716. The number of fused-ring (bicyclic) bond motifs is 1. The van der Waals surface area contributed by atoms with E-state index in [0.29, 0.717) is 5.75 Å². The molecular formula is C18H17NO2. The first-order valence-electron chi connectivity index (χ1n) is 6.81. The average molecular weight is 279 g/mol. The molecule has 0 bridgehead atoms. The van der Waals surface area contributed by atoms with Gasteiger partial charge in [-0.3, -0.25) is 4.98 Å². The van der Waals surface area contributed by atoms with Gasteiger partial charge in [0.25, 0.3) is 0 Å². The molecule has 0 N–H and O–H groups in total. The van der Waals surface area contributed by atoms with Gasteiger partial charge >= 0.3 is 0 Å². The van der Waals surface area contributed by atoms with Gasteiger partial charge < -0.3 is 9.47 Å². The Hall–Kier alpha value is -2.55. The lowest BCUT2D eigenvalue weighted by Gasteiger charge is -2.12. The topological polar surface area (TPSA) is 31.4 Å². The predicted molar refractivity (Wildman–Crippen MR) is 85.0 cm³/mol. The number of pyridine rings is 1. The van der Waals surface area contributed by atoms with Crippen LogP contribution < -0.4 is 9.47 Å². The molecule has 0 spiro atoms. The molecule has 3 heteroatoms. The van der Waals surface area contributed by atoms with Crippen LogP contribution in [-0.4, -0.2) is 19.2 Å². The van der Waals surface area contributed by atoms with E-state index >= 15 is 0 Å². The van der Waals surface area contributed by atoms with E-state index in [1.807, 2.05) is 37.3 Å². The van der Waals surface area contributed by atoms with Crippen LogP contribution in [-0.2, 0) is 0 Å². The SMILES string of the molecule is COc1cc2cc(C)nc(-c3ccccc3)c2cc1OC. The van der Waals surface area contributed by atoms with Gasteiger partial charge in [-0.1, -0.05) is 30.3 Å². The molecule has 0 fully saturated rings. The summed E-state index contributed by atoms with van der Waals surface area (Å²) in [6.07, 6.45) is 0. The molecule has 0 aliphatic heterocycles. The molecule has 3 rings (SSSR count). The Balaban J connectivity index is 2.34. The van der Waals surface area contributed by atoms with Crippen LogP contribution in [0.3, 0.4) is 0 Å². The number of hydrogen-bond donors (Lipinski definition) is 0. The number of rotatable bonds is 3. The van der Waals surface area contributed by atoms with Crippen molar-refractivity contribution in [3.8, 4) is 22.8 Å². The maximum Gasteiger partial charge on any atom is 0.161 e. The number of hydrogen-bond acceptors (Lipinski definition) is 3. The van der Waals surface area contributed by atoms with Crippen LogP contribution in [0.2, 0.25) is 0 Å². The fourth-order valence-corrected chi connectivity index (χ4v) is 2.53. The molecule has 1 heterocycles. The van der Waals surface area contributed by atoms with Gasteiger partial charge in [0.1, 0.15) is 0 Å². The number of methoxy groups -OCH3 is 2. The third-order valence-corrected chi connectivity index (χ3v) is 3.51. The Bertz CT molecular complexity index is 782. The molecule has 0 unspecified atom stereocenters. The third-order valence-electron chi connectivity index (χ3n) is 3.51. The van der Waals surface area contributed by atoms with Crippen molar-refractivity contribution in [3.05, 3.63) is 54.2 Å². The predicted octanol–water partition coefficient (Wildman–Crippen LogP) is 4.23. The van der Waals surface area contributed by atoms with Crippen molar-refractivity contribution in [1.82, 2.24) is 4.98 Å². The van der Waals surface area contributed by atoms with Gasteiger partial charge in [-0.05, 0) is 30.5 Å². The van der Waals surface area contributed by atoms with Gasteiger partial charge in [0.05, 0.1) is 19.9 Å². The second-order valence-corrected chi connectivity index (χ2v) is 4.91. The van der Waals surface area contributed by atoms with E-state index in [2.05, 4.69) is 18.2 Å². The van der Waals surface area contributed by atoms with Gasteiger partial charge in [0.15, 0.2) is 11.5 Å². The summed E-state index contributed by atoms with van der Waals surface area (Å²) in [4.78, 5) is 4.71. The van der Waals surface area contributed by atoms with E-state index in [1.165, 1.54) is 0 Å². The van der Waals surface area contributed by atoms with E-state index in [4.69, 9.17) is 14.5 Å². The molecule has 3 nitrogen and oxygen atoms in total. The first-order valence-corrected chi connectivity index (χ1v) is 6.81. The van der Waals surface area contributed by atoms with E-state index in [0.717, 1.165) is 33.5 Å². The largest absolute Gasteiger partial charge is 0.493 e. The molecule has 3 aromatic rings. The lowest BCUT2D eigenvalue weighted by atomic mass is 10.0. The summed E-state index contributed by atoms with van der Waals surface area (Å²) in [6, 6.07) is 16.2. The fraction of sp³-hybridized carbons (Fsp3) is 0.167. The summed E-state index contributed by atoms with van der Waals surface area (Å²) in [7, 11) is 3.29. The summed E-state index contributed by atoms with van der Waals surface area (Å²) in [5, 5.41) is 2.16. The second kappa shape index (κ2) is 5.44. The van der Waals surface area contributed by atoms with Crippen molar-refractivity contribution in [2.45, 2.75) is 6.92 Å². The molecule has 0 radical (unpaired) electrons. The highest BCUT2D eigenvalue weighted by Gasteiger charge is 2.12. The molecule has 2 aromatic carbocycles. The second-order valence-electron chi connectivity index (χ2n) is 4.91. The van der Waals surface area contributed by atoms with Crippen LogP contribution in [0.5, 0.6) is 11.5 Å². The van der Waals surface area contributed by atoms with Crippen molar-refractivity contribution in [2.24, 2.45) is 0 Å². The zero-order valence-electron chi connectivity index (χ0n) is 12.4. The highest BCUT2D eigenvalue weighted by Crippen LogP contribution is 2.36. The molecule has 106 valence electrons. The molecule has 0 amide bonds. The van der Waals surface area contributed by atoms with Gasteiger partial charge in [0.2, 0.25) is 0 Å². The monoisotopic (exact) mass is 279 g/mol. The number of nitrogens with zero attached hydrogens (tertiary/aromatic N) is 1. The Kier molecular flexibility index (Phi) is 3.48. The zero-order chi connectivity index (χ0) is 14.8. The minimum Gasteiger partial charge on any atom is -0.493 e. The van der Waals surface area contributed by atoms with Crippen LogP contribution >= 0.6 is 0 Å². The lowest BCUT2D eigenvalue weighted by Crippen LogP contribution is -1.94. The Morgan fingerprint density at radius 3 is 2.19 bits per heavy atom. The maximum absolute atomic E-state index is 5.41. The third kappa shape index (κ3) is 2.42. The van der Waals surface area contributed by atoms with E-state index < -0.39 is 0 Å². The van der Waals surface area contributed by atoms with Crippen LogP contribution in [0.1, 0.15) is 5.69 Å². The Morgan fingerprint density at radius 1 is 0.857 bits per heavy atom. The molecule has 0 atom stereocenters. The molecule has 0 aliphatic rings. The molecule has 0 aliphatic carbocycles. The van der Waals surface area contributed by atoms with E-state index in [1.54, 1.807) is 14.2 Å². The van der Waals surface area contributed by atoms with E-state index in [-0.39, 0.29) is 0 Å². The molecule has 0 saturated carbocycles. The van der Waals surface area contributed by atoms with Crippen LogP contribution in [0.4, 0.5) is 0 Å². The molecule has 0 saturated heterocycles. The summed E-state index contributed by atoms with van der Waals surface area (Å²) >= 11 is 0. The molecule has 1 aromatic heterocycles. The number of ether oxygens (including phenoxy) is 2. The smallest absolute Gasteiger partial charge is 0.161 e. The van der Waals surface area contributed by atoms with Crippen molar-refractivity contribution in [2.75, 3.05) is 14.2 Å². The summed E-state index contributed by atoms with van der Waals surface area (Å²) in [6.45, 7) is 2.00. The van der Waals surface area contributed by atoms with E-state index in [9.17, 15) is 0 Å². The quantitative estimate of drug-likeness (QED) is 0.719. The summed E-state index contributed by atoms with van der Waals surface area (Å²) in [5.74, 6) is 1.45. The number of aryl methyl sites for hydroxylation is 1. The minimum absolute atomic E-state index is 0.716. The highest BCUT2D eigenvalue weighted by atomic mass is 16.5. The van der Waals surface area contributed by atoms with Gasteiger partial charge in [-0.15, -0.1) is 0 Å². The van der Waals surface area contributed by atoms with Crippen LogP contribution in [0, 0.1) is 6.92 Å². The summed E-state index contributed by atoms with van der Waals surface area (Å²) < 4.78 is 10.8. The van der Waals surface area contributed by atoms with Crippen LogP contribution in [0.15, 0.2) is 48.5 Å². The first kappa shape index (κ1) is 13.4. The molecular weight excluding hydrogens is 262 g/mol. The maximum atomic E-state index is 5.41. The summed E-state index contributed by atoms with van der Waals surface area (Å²) in [5.41, 5.74) is 3.04. The standard InChI is InChI=1S/C18H17NO2/c1-12-9-14-10-16(20-2)17(21-3)11-15(14)18(19-12)13-7-5-4-6-8-13/h4-11H,1-3H3.